The number of methoxy groups -OCH3 is 1. The summed E-state index contributed by atoms with van der Waals surface area (Å²) in [5, 5.41) is 0.930. The molecule has 0 spiro atoms. The smallest absolute Gasteiger partial charge is 0.215 e. The third-order valence-corrected chi connectivity index (χ3v) is 4.60. The lowest BCUT2D eigenvalue weighted by atomic mass is 10.4. The molecule has 4 aromatic rings. The lowest BCUT2D eigenvalue weighted by Crippen LogP contribution is -1.92. The molecule has 0 atom stereocenters. The Balaban J connectivity index is 1.59. The van der Waals surface area contributed by atoms with E-state index in [9.17, 15) is 0 Å². The van der Waals surface area contributed by atoms with E-state index in [4.69, 9.17) is 4.74 Å². The summed E-state index contributed by atoms with van der Waals surface area (Å²) in [7, 11) is 3.60. The van der Waals surface area contributed by atoms with E-state index >= 15 is 0 Å². The number of imidazole rings is 2. The fraction of sp³-hybridized carbons (Fsp3) is 0.200. The highest BCUT2D eigenvalue weighted by molar-refractivity contribution is 7.98. The van der Waals surface area contributed by atoms with Gasteiger partial charge in [0.05, 0.1) is 30.1 Å². The summed E-state index contributed by atoms with van der Waals surface area (Å²) in [6.45, 7) is 0. The van der Waals surface area contributed by atoms with Gasteiger partial charge in [-0.3, -0.25) is 4.98 Å². The van der Waals surface area contributed by atoms with Crippen LogP contribution in [0.15, 0.2) is 35.7 Å². The maximum Gasteiger partial charge on any atom is 0.215 e. The van der Waals surface area contributed by atoms with Gasteiger partial charge in [-0.2, -0.15) is 4.98 Å². The number of H-pyrrole nitrogens is 1. The van der Waals surface area contributed by atoms with Crippen LogP contribution in [0.25, 0.3) is 22.2 Å². The highest BCUT2D eigenvalue weighted by atomic mass is 32.2. The zero-order valence-corrected chi connectivity index (χ0v) is 13.5. The van der Waals surface area contributed by atoms with Crippen LogP contribution < -0.4 is 4.74 Å². The zero-order chi connectivity index (χ0) is 15.8. The van der Waals surface area contributed by atoms with Crippen molar-refractivity contribution in [2.24, 2.45) is 7.05 Å². The number of aromatic nitrogens is 6. The van der Waals surface area contributed by atoms with Gasteiger partial charge in [-0.05, 0) is 12.1 Å². The second kappa shape index (κ2) is 5.54. The van der Waals surface area contributed by atoms with Gasteiger partial charge in [0.15, 0.2) is 10.8 Å². The molecule has 4 rings (SSSR count). The number of nitrogens with zero attached hydrogens (tertiary/aromatic N) is 5. The van der Waals surface area contributed by atoms with Crippen molar-refractivity contribution in [1.82, 2.24) is 29.5 Å². The molecule has 0 aromatic carbocycles. The second-order valence-electron chi connectivity index (χ2n) is 5.01. The second-order valence-corrected chi connectivity index (χ2v) is 5.96. The first kappa shape index (κ1) is 14.0. The van der Waals surface area contributed by atoms with E-state index in [1.165, 1.54) is 0 Å². The van der Waals surface area contributed by atoms with Crippen molar-refractivity contribution in [1.29, 1.82) is 0 Å². The number of thioether (sulfide) groups is 1. The van der Waals surface area contributed by atoms with Gasteiger partial charge in [0.25, 0.3) is 0 Å². The molecular formula is C15H14N6OS. The molecule has 0 saturated heterocycles. The Morgan fingerprint density at radius 3 is 2.96 bits per heavy atom. The molecule has 0 aliphatic heterocycles. The molecule has 0 amide bonds. The summed E-state index contributed by atoms with van der Waals surface area (Å²) in [5.74, 6) is 2.10. The number of hydrogen-bond donors (Lipinski definition) is 1. The van der Waals surface area contributed by atoms with E-state index in [-0.39, 0.29) is 0 Å². The molecule has 23 heavy (non-hydrogen) atoms. The van der Waals surface area contributed by atoms with Crippen molar-refractivity contribution < 1.29 is 4.74 Å². The Kier molecular flexibility index (Phi) is 3.38. The van der Waals surface area contributed by atoms with E-state index in [0.29, 0.717) is 17.3 Å². The number of aryl methyl sites for hydroxylation is 1. The minimum atomic E-state index is 0.561. The summed E-state index contributed by atoms with van der Waals surface area (Å²) in [5.41, 5.74) is 3.52. The zero-order valence-electron chi connectivity index (χ0n) is 12.6. The van der Waals surface area contributed by atoms with Crippen LogP contribution in [0.1, 0.15) is 5.82 Å². The average molecular weight is 326 g/mol. The highest BCUT2D eigenvalue weighted by Gasteiger charge is 2.10. The van der Waals surface area contributed by atoms with Gasteiger partial charge in [0.2, 0.25) is 5.88 Å². The van der Waals surface area contributed by atoms with Gasteiger partial charge in [0.1, 0.15) is 11.3 Å². The van der Waals surface area contributed by atoms with Gasteiger partial charge in [-0.25, -0.2) is 9.97 Å². The van der Waals surface area contributed by atoms with Crippen LogP contribution in [0.3, 0.4) is 0 Å². The molecule has 0 fully saturated rings. The lowest BCUT2D eigenvalue weighted by Gasteiger charge is -2.00. The molecular weight excluding hydrogens is 312 g/mol. The normalized spacial score (nSPS) is 11.4. The van der Waals surface area contributed by atoms with Crippen LogP contribution in [0, 0.1) is 0 Å². The van der Waals surface area contributed by atoms with Crippen LogP contribution in [0.5, 0.6) is 5.88 Å². The van der Waals surface area contributed by atoms with Crippen molar-refractivity contribution in [2.75, 3.05) is 7.11 Å². The Morgan fingerprint density at radius 2 is 2.13 bits per heavy atom. The maximum absolute atomic E-state index is 5.12. The Hall–Kier alpha value is -2.61. The third kappa shape index (κ3) is 2.50. The third-order valence-electron chi connectivity index (χ3n) is 3.56. The first-order chi connectivity index (χ1) is 11.2. The molecule has 4 heterocycles. The molecule has 0 saturated carbocycles. The monoisotopic (exact) mass is 326 g/mol. The number of pyridine rings is 2. The van der Waals surface area contributed by atoms with Crippen LogP contribution in [0.4, 0.5) is 0 Å². The SMILES string of the molecule is COc1ccc2[nH]c(CSc3nc4cnccc4n3C)nc2n1. The first-order valence-corrected chi connectivity index (χ1v) is 8.02. The minimum absolute atomic E-state index is 0.561. The van der Waals surface area contributed by atoms with Crippen molar-refractivity contribution in [3.8, 4) is 5.88 Å². The van der Waals surface area contributed by atoms with E-state index in [2.05, 4.69) is 29.5 Å². The fourth-order valence-electron chi connectivity index (χ4n) is 2.40. The number of fused-ring (bicyclic) bond motifs is 2. The topological polar surface area (TPSA) is 81.5 Å². The number of ether oxygens (including phenoxy) is 1. The van der Waals surface area contributed by atoms with Crippen molar-refractivity contribution in [3.05, 3.63) is 36.4 Å². The summed E-state index contributed by atoms with van der Waals surface area (Å²) >= 11 is 1.62. The van der Waals surface area contributed by atoms with Crippen LogP contribution in [-0.4, -0.2) is 36.6 Å². The number of aromatic amines is 1. The van der Waals surface area contributed by atoms with E-state index in [0.717, 1.165) is 27.5 Å². The number of rotatable bonds is 4. The molecule has 8 heteroatoms. The molecule has 0 aliphatic rings. The molecule has 1 N–H and O–H groups in total. The van der Waals surface area contributed by atoms with E-state index in [1.54, 1.807) is 31.3 Å². The predicted molar refractivity (Wildman–Crippen MR) is 88.5 cm³/mol. The van der Waals surface area contributed by atoms with Gasteiger partial charge in [0, 0.05) is 19.3 Å². The van der Waals surface area contributed by atoms with Crippen LogP contribution in [0.2, 0.25) is 0 Å². The quantitative estimate of drug-likeness (QED) is 0.580. The summed E-state index contributed by atoms with van der Waals surface area (Å²) in [6.07, 6.45) is 3.55. The minimum Gasteiger partial charge on any atom is -0.481 e. The van der Waals surface area contributed by atoms with Gasteiger partial charge >= 0.3 is 0 Å². The summed E-state index contributed by atoms with van der Waals surface area (Å²) < 4.78 is 7.18. The number of nitrogens with one attached hydrogen (secondary N) is 1. The Labute approximate surface area is 136 Å². The Morgan fingerprint density at radius 1 is 1.22 bits per heavy atom. The maximum atomic E-state index is 5.12. The van der Waals surface area contributed by atoms with Crippen molar-refractivity contribution >= 4 is 34.0 Å². The first-order valence-electron chi connectivity index (χ1n) is 7.03. The van der Waals surface area contributed by atoms with Gasteiger partial charge in [-0.15, -0.1) is 0 Å². The van der Waals surface area contributed by atoms with Gasteiger partial charge < -0.3 is 14.3 Å². The predicted octanol–water partition coefficient (Wildman–Crippen LogP) is 2.54. The highest BCUT2D eigenvalue weighted by Crippen LogP contribution is 2.25. The van der Waals surface area contributed by atoms with Crippen molar-refractivity contribution in [2.45, 2.75) is 10.9 Å². The molecule has 0 radical (unpaired) electrons. The fourth-order valence-corrected chi connectivity index (χ4v) is 3.26. The standard InChI is InChI=1S/C15H14N6OS/c1-21-11-5-6-16-7-10(11)18-15(21)23-8-12-17-9-3-4-13(22-2)20-14(9)19-12/h3-7H,8H2,1-2H3,(H,17,19,20). The average Bonchev–Trinajstić information content (AvgIpc) is 3.13. The van der Waals surface area contributed by atoms with E-state index < -0.39 is 0 Å². The molecule has 116 valence electrons. The van der Waals surface area contributed by atoms with Gasteiger partial charge in [-0.1, -0.05) is 11.8 Å². The van der Waals surface area contributed by atoms with Crippen LogP contribution in [-0.2, 0) is 12.8 Å². The molecule has 7 nitrogen and oxygen atoms in total. The molecule has 0 bridgehead atoms. The molecule has 4 aromatic heterocycles. The summed E-state index contributed by atoms with van der Waals surface area (Å²) in [4.78, 5) is 20.8. The molecule has 0 unspecified atom stereocenters. The van der Waals surface area contributed by atoms with E-state index in [1.807, 2.05) is 25.2 Å². The van der Waals surface area contributed by atoms with Crippen molar-refractivity contribution in [3.63, 3.8) is 0 Å². The molecule has 0 aliphatic carbocycles. The lowest BCUT2D eigenvalue weighted by molar-refractivity contribution is 0.399. The summed E-state index contributed by atoms with van der Waals surface area (Å²) in [6, 6.07) is 5.70. The number of hydrogen-bond acceptors (Lipinski definition) is 6. The van der Waals surface area contributed by atoms with Crippen LogP contribution >= 0.6 is 11.8 Å². The largest absolute Gasteiger partial charge is 0.481 e. The Bertz CT molecular complexity index is 992.